The Bertz CT molecular complexity index is 589. The number of thiazole rings is 1. The van der Waals surface area contributed by atoms with Gasteiger partial charge in [0.25, 0.3) is 0 Å². The van der Waals surface area contributed by atoms with Crippen molar-refractivity contribution in [3.8, 4) is 0 Å². The molecule has 0 unspecified atom stereocenters. The van der Waals surface area contributed by atoms with Crippen molar-refractivity contribution in [2.75, 3.05) is 23.8 Å². The SMILES string of the molecule is CCNc1ncnc(N(C)Cc2cscn2)c1[N+](=O)[O-]. The van der Waals surface area contributed by atoms with Crippen LogP contribution in [-0.2, 0) is 6.54 Å². The molecule has 0 aromatic carbocycles. The van der Waals surface area contributed by atoms with E-state index in [2.05, 4.69) is 20.3 Å². The smallest absolute Gasteiger partial charge is 0.353 e. The van der Waals surface area contributed by atoms with Crippen LogP contribution in [0.1, 0.15) is 12.6 Å². The maximum absolute atomic E-state index is 11.3. The Morgan fingerprint density at radius 1 is 1.45 bits per heavy atom. The third kappa shape index (κ3) is 2.99. The number of nitrogens with zero attached hydrogens (tertiary/aromatic N) is 5. The van der Waals surface area contributed by atoms with E-state index in [9.17, 15) is 10.1 Å². The molecule has 0 aliphatic heterocycles. The summed E-state index contributed by atoms with van der Waals surface area (Å²) >= 11 is 1.48. The van der Waals surface area contributed by atoms with Crippen LogP contribution in [-0.4, -0.2) is 33.5 Å². The van der Waals surface area contributed by atoms with Gasteiger partial charge in [0.1, 0.15) is 6.33 Å². The second-order valence-electron chi connectivity index (χ2n) is 4.02. The van der Waals surface area contributed by atoms with E-state index in [1.54, 1.807) is 17.5 Å². The molecule has 0 amide bonds. The van der Waals surface area contributed by atoms with Crippen LogP contribution in [0.25, 0.3) is 0 Å². The summed E-state index contributed by atoms with van der Waals surface area (Å²) in [5, 5.41) is 16.0. The average Bonchev–Trinajstić information content (AvgIpc) is 2.91. The normalized spacial score (nSPS) is 10.3. The molecule has 2 heterocycles. The molecule has 2 aromatic heterocycles. The van der Waals surface area contributed by atoms with Gasteiger partial charge in [-0.05, 0) is 6.92 Å². The fourth-order valence-electron chi connectivity index (χ4n) is 1.75. The van der Waals surface area contributed by atoms with Gasteiger partial charge in [0.2, 0.25) is 11.6 Å². The van der Waals surface area contributed by atoms with Gasteiger partial charge in [-0.3, -0.25) is 10.1 Å². The summed E-state index contributed by atoms with van der Waals surface area (Å²) < 4.78 is 0. The molecule has 0 fully saturated rings. The summed E-state index contributed by atoms with van der Waals surface area (Å²) in [4.78, 5) is 24.6. The summed E-state index contributed by atoms with van der Waals surface area (Å²) in [6.45, 7) is 2.85. The first-order chi connectivity index (χ1) is 9.63. The molecule has 2 rings (SSSR count). The van der Waals surface area contributed by atoms with Crippen LogP contribution in [0.3, 0.4) is 0 Å². The average molecular weight is 294 g/mol. The Balaban J connectivity index is 2.34. The number of anilines is 2. The third-order valence-electron chi connectivity index (χ3n) is 2.57. The van der Waals surface area contributed by atoms with Crippen molar-refractivity contribution in [2.24, 2.45) is 0 Å². The van der Waals surface area contributed by atoms with Gasteiger partial charge in [0, 0.05) is 19.0 Å². The van der Waals surface area contributed by atoms with Crippen LogP contribution < -0.4 is 10.2 Å². The van der Waals surface area contributed by atoms with Crippen LogP contribution in [0.4, 0.5) is 17.3 Å². The van der Waals surface area contributed by atoms with Crippen LogP contribution in [0.5, 0.6) is 0 Å². The fourth-order valence-corrected chi connectivity index (χ4v) is 2.30. The molecule has 0 bridgehead atoms. The van der Waals surface area contributed by atoms with E-state index in [4.69, 9.17) is 0 Å². The number of nitro groups is 1. The van der Waals surface area contributed by atoms with Gasteiger partial charge < -0.3 is 10.2 Å². The monoisotopic (exact) mass is 294 g/mol. The van der Waals surface area contributed by atoms with Gasteiger partial charge in [-0.1, -0.05) is 0 Å². The Morgan fingerprint density at radius 3 is 2.85 bits per heavy atom. The quantitative estimate of drug-likeness (QED) is 0.642. The molecule has 0 saturated carbocycles. The molecule has 2 aromatic rings. The number of nitrogens with one attached hydrogen (secondary N) is 1. The lowest BCUT2D eigenvalue weighted by molar-refractivity contribution is -0.383. The minimum atomic E-state index is -0.467. The van der Waals surface area contributed by atoms with Crippen molar-refractivity contribution in [2.45, 2.75) is 13.5 Å². The topological polar surface area (TPSA) is 97.1 Å². The van der Waals surface area contributed by atoms with Crippen molar-refractivity contribution in [3.05, 3.63) is 33.0 Å². The number of hydrogen-bond acceptors (Lipinski definition) is 8. The van der Waals surface area contributed by atoms with Crippen LogP contribution >= 0.6 is 11.3 Å². The van der Waals surface area contributed by atoms with E-state index < -0.39 is 4.92 Å². The Morgan fingerprint density at radius 2 is 2.25 bits per heavy atom. The van der Waals surface area contributed by atoms with Gasteiger partial charge in [0.15, 0.2) is 0 Å². The highest BCUT2D eigenvalue weighted by Crippen LogP contribution is 2.31. The number of aromatic nitrogens is 3. The molecular weight excluding hydrogens is 280 g/mol. The predicted molar refractivity (Wildman–Crippen MR) is 77.1 cm³/mol. The number of hydrogen-bond donors (Lipinski definition) is 1. The minimum absolute atomic E-state index is 0.118. The van der Waals surface area contributed by atoms with Crippen LogP contribution in [0, 0.1) is 10.1 Å². The lowest BCUT2D eigenvalue weighted by Gasteiger charge is -2.17. The van der Waals surface area contributed by atoms with Crippen molar-refractivity contribution in [3.63, 3.8) is 0 Å². The molecule has 1 N–H and O–H groups in total. The van der Waals surface area contributed by atoms with Gasteiger partial charge >= 0.3 is 5.69 Å². The predicted octanol–water partition coefficient (Wildman–Crippen LogP) is 1.91. The molecule has 0 radical (unpaired) electrons. The highest BCUT2D eigenvalue weighted by molar-refractivity contribution is 7.07. The summed E-state index contributed by atoms with van der Waals surface area (Å²) in [5.41, 5.74) is 2.45. The highest BCUT2D eigenvalue weighted by Gasteiger charge is 2.25. The lowest BCUT2D eigenvalue weighted by atomic mass is 10.3. The van der Waals surface area contributed by atoms with Crippen molar-refractivity contribution in [1.29, 1.82) is 0 Å². The maximum atomic E-state index is 11.3. The molecule has 0 atom stereocenters. The van der Waals surface area contributed by atoms with Crippen molar-refractivity contribution >= 4 is 28.7 Å². The first-order valence-corrected chi connectivity index (χ1v) is 6.89. The molecule has 0 aliphatic rings. The minimum Gasteiger partial charge on any atom is -0.364 e. The Labute approximate surface area is 119 Å². The lowest BCUT2D eigenvalue weighted by Crippen LogP contribution is -2.20. The zero-order chi connectivity index (χ0) is 14.5. The Kier molecular flexibility index (Phi) is 4.41. The van der Waals surface area contributed by atoms with E-state index in [1.165, 1.54) is 17.7 Å². The van der Waals surface area contributed by atoms with E-state index in [0.29, 0.717) is 13.1 Å². The van der Waals surface area contributed by atoms with Gasteiger partial charge in [-0.2, -0.15) is 0 Å². The molecule has 0 saturated heterocycles. The van der Waals surface area contributed by atoms with E-state index in [-0.39, 0.29) is 17.3 Å². The number of rotatable bonds is 6. The molecule has 0 aliphatic carbocycles. The molecule has 9 heteroatoms. The van der Waals surface area contributed by atoms with E-state index in [1.807, 2.05) is 12.3 Å². The molecular formula is C11H14N6O2S. The van der Waals surface area contributed by atoms with Crippen LogP contribution in [0.2, 0.25) is 0 Å². The van der Waals surface area contributed by atoms with Gasteiger partial charge in [0.05, 0.1) is 22.7 Å². The maximum Gasteiger partial charge on any atom is 0.353 e. The highest BCUT2D eigenvalue weighted by atomic mass is 32.1. The second-order valence-corrected chi connectivity index (χ2v) is 4.74. The third-order valence-corrected chi connectivity index (χ3v) is 3.21. The second kappa shape index (κ2) is 6.24. The largest absolute Gasteiger partial charge is 0.364 e. The van der Waals surface area contributed by atoms with Gasteiger partial charge in [-0.25, -0.2) is 15.0 Å². The standard InChI is InChI=1S/C11H14N6O2S/c1-3-12-10-9(17(18)19)11(14-6-13-10)16(2)4-8-5-20-7-15-8/h5-7H,3-4H2,1-2H3,(H,12,13,14). The summed E-state index contributed by atoms with van der Waals surface area (Å²) in [7, 11) is 1.74. The van der Waals surface area contributed by atoms with Crippen LogP contribution in [0.15, 0.2) is 17.2 Å². The molecule has 20 heavy (non-hydrogen) atoms. The molecule has 8 nitrogen and oxygen atoms in total. The zero-order valence-corrected chi connectivity index (χ0v) is 11.9. The van der Waals surface area contributed by atoms with Gasteiger partial charge in [-0.15, -0.1) is 11.3 Å². The van der Waals surface area contributed by atoms with Crippen molar-refractivity contribution in [1.82, 2.24) is 15.0 Å². The summed E-state index contributed by atoms with van der Waals surface area (Å²) in [6.07, 6.45) is 1.32. The zero-order valence-electron chi connectivity index (χ0n) is 11.1. The summed E-state index contributed by atoms with van der Waals surface area (Å²) in [5.74, 6) is 0.501. The summed E-state index contributed by atoms with van der Waals surface area (Å²) in [6, 6.07) is 0. The molecule has 106 valence electrons. The Hall–Kier alpha value is -2.29. The first-order valence-electron chi connectivity index (χ1n) is 5.95. The first kappa shape index (κ1) is 14.1. The van der Waals surface area contributed by atoms with E-state index >= 15 is 0 Å². The van der Waals surface area contributed by atoms with Crippen molar-refractivity contribution < 1.29 is 4.92 Å². The fraction of sp³-hybridized carbons (Fsp3) is 0.364. The molecule has 0 spiro atoms. The van der Waals surface area contributed by atoms with E-state index in [0.717, 1.165) is 5.69 Å².